The predicted octanol–water partition coefficient (Wildman–Crippen LogP) is 8.71. The van der Waals surface area contributed by atoms with Crippen molar-refractivity contribution >= 4 is 38.4 Å². The number of ether oxygens (including phenoxy) is 1. The van der Waals surface area contributed by atoms with Gasteiger partial charge in [0, 0.05) is 27.2 Å². The molecule has 0 aliphatic carbocycles. The molecule has 42 heavy (non-hydrogen) atoms. The van der Waals surface area contributed by atoms with Crippen molar-refractivity contribution in [1.82, 2.24) is 0 Å². The highest BCUT2D eigenvalue weighted by molar-refractivity contribution is 7.80. The summed E-state index contributed by atoms with van der Waals surface area (Å²) >= 11 is 0. The van der Waals surface area contributed by atoms with E-state index in [1.165, 1.54) is 49.3 Å². The summed E-state index contributed by atoms with van der Waals surface area (Å²) in [7, 11) is 1.98. The molecular weight excluding hydrogens is 546 g/mol. The molecule has 0 fully saturated rings. The van der Waals surface area contributed by atoms with Crippen LogP contribution < -0.4 is 26.0 Å². The number of rotatable bonds is 5. The van der Waals surface area contributed by atoms with Crippen LogP contribution in [0.15, 0.2) is 146 Å². The minimum Gasteiger partial charge on any atom is -0.455 e. The fraction of sp³-hybridized carbons (Fsp3) is 0.0769. The number of benzene rings is 6. The summed E-state index contributed by atoms with van der Waals surface area (Å²) in [6, 6.07) is 52.4. The molecule has 0 N–H and O–H groups in total. The Morgan fingerprint density at radius 3 is 1.67 bits per heavy atom. The van der Waals surface area contributed by atoms with Crippen LogP contribution in [0, 0.1) is 0 Å². The molecule has 0 spiro atoms. The van der Waals surface area contributed by atoms with Gasteiger partial charge in [0.2, 0.25) is 0 Å². The Balaban J connectivity index is 1.65. The molecule has 3 heteroatoms. The van der Waals surface area contributed by atoms with Crippen LogP contribution in [0.5, 0.6) is 11.5 Å². The smallest absolute Gasteiger partial charge is 0.140 e. The van der Waals surface area contributed by atoms with Crippen LogP contribution in [-0.2, 0) is 5.41 Å². The van der Waals surface area contributed by atoms with Gasteiger partial charge in [-0.1, -0.05) is 153 Å². The van der Waals surface area contributed by atoms with Crippen molar-refractivity contribution < 1.29 is 4.74 Å². The molecule has 1 unspecified atom stereocenters. The minimum atomic E-state index is -0.921. The predicted molar refractivity (Wildman–Crippen MR) is 184 cm³/mol. The van der Waals surface area contributed by atoms with Crippen molar-refractivity contribution in [3.63, 3.8) is 0 Å². The summed E-state index contributed by atoms with van der Waals surface area (Å²) in [6.07, 6.45) is 0. The summed E-state index contributed by atoms with van der Waals surface area (Å²) in [4.78, 5) is 0. The summed E-state index contributed by atoms with van der Waals surface area (Å²) in [5, 5.41) is 4.93. The van der Waals surface area contributed by atoms with Gasteiger partial charge in [0.15, 0.2) is 0 Å². The molecule has 6 aromatic carbocycles. The van der Waals surface area contributed by atoms with Crippen molar-refractivity contribution in [1.29, 1.82) is 0 Å². The van der Waals surface area contributed by atoms with Crippen LogP contribution in [0.25, 0.3) is 22.3 Å². The van der Waals surface area contributed by atoms with Gasteiger partial charge in [0.05, 0.1) is 0 Å². The fourth-order valence-corrected chi connectivity index (χ4v) is 8.98. The van der Waals surface area contributed by atoms with E-state index in [4.69, 9.17) is 4.74 Å². The first-order valence-corrected chi connectivity index (χ1v) is 16.3. The van der Waals surface area contributed by atoms with Gasteiger partial charge in [-0.3, -0.25) is 0 Å². The zero-order chi connectivity index (χ0) is 28.7. The SMILES string of the molecule is CC1(C)c2cccc(P)c2Oc2c(P(c3ccccc3)c3ccccc3)cc(-c3ccccc3)c(-c3ccccc3)c21. The second kappa shape index (κ2) is 11.0. The van der Waals surface area contributed by atoms with E-state index >= 15 is 0 Å². The summed E-state index contributed by atoms with van der Waals surface area (Å²) in [5.41, 5.74) is 7.02. The molecule has 0 bridgehead atoms. The third-order valence-electron chi connectivity index (χ3n) is 8.22. The van der Waals surface area contributed by atoms with E-state index in [9.17, 15) is 0 Å². The lowest BCUT2D eigenvalue weighted by molar-refractivity contribution is 0.426. The van der Waals surface area contributed by atoms with Gasteiger partial charge in [-0.2, -0.15) is 0 Å². The Hall–Kier alpha value is -4.02. The Labute approximate surface area is 252 Å². The second-order valence-corrected chi connectivity index (χ2v) is 14.0. The molecule has 1 atom stereocenters. The number of hydrogen-bond donors (Lipinski definition) is 0. The highest BCUT2D eigenvalue weighted by atomic mass is 31.1. The average molecular weight is 579 g/mol. The standard InChI is InChI=1S/C39H32OP2/c1-39(2)32-24-15-25-33(41)37(32)40-38-34(42(29-20-11-5-12-21-29)30-22-13-6-14-23-30)26-31(27-16-7-3-8-17-27)35(36(38)39)28-18-9-4-10-19-28/h3-26H,41H2,1-2H3. The molecule has 0 aromatic heterocycles. The second-order valence-electron chi connectivity index (χ2n) is 11.2. The van der Waals surface area contributed by atoms with E-state index < -0.39 is 7.92 Å². The van der Waals surface area contributed by atoms with Crippen molar-refractivity contribution in [2.75, 3.05) is 0 Å². The van der Waals surface area contributed by atoms with E-state index in [2.05, 4.69) is 169 Å². The van der Waals surface area contributed by atoms with Gasteiger partial charge in [-0.05, 0) is 46.9 Å². The zero-order valence-electron chi connectivity index (χ0n) is 23.8. The average Bonchev–Trinajstić information content (AvgIpc) is 3.03. The van der Waals surface area contributed by atoms with Crippen LogP contribution in [-0.4, -0.2) is 0 Å². The lowest BCUT2D eigenvalue weighted by Gasteiger charge is -2.40. The maximum Gasteiger partial charge on any atom is 0.140 e. The first kappa shape index (κ1) is 26.9. The Kier molecular flexibility index (Phi) is 7.03. The number of hydrogen-bond acceptors (Lipinski definition) is 1. The van der Waals surface area contributed by atoms with E-state index in [1.807, 2.05) is 0 Å². The topological polar surface area (TPSA) is 9.23 Å². The highest BCUT2D eigenvalue weighted by Gasteiger charge is 2.41. The van der Waals surface area contributed by atoms with Crippen molar-refractivity contribution in [2.45, 2.75) is 19.3 Å². The minimum absolute atomic E-state index is 0.311. The van der Waals surface area contributed by atoms with Crippen LogP contribution in [0.3, 0.4) is 0 Å². The maximum absolute atomic E-state index is 7.15. The van der Waals surface area contributed by atoms with Crippen LogP contribution in [0.4, 0.5) is 0 Å². The molecule has 1 heterocycles. The van der Waals surface area contributed by atoms with E-state index in [-0.39, 0.29) is 5.41 Å². The normalized spacial score (nSPS) is 13.2. The molecule has 0 saturated carbocycles. The fourth-order valence-electron chi connectivity index (χ4n) is 6.25. The quantitative estimate of drug-likeness (QED) is 0.186. The monoisotopic (exact) mass is 578 g/mol. The van der Waals surface area contributed by atoms with Gasteiger partial charge in [-0.25, -0.2) is 0 Å². The Morgan fingerprint density at radius 1 is 0.571 bits per heavy atom. The highest BCUT2D eigenvalue weighted by Crippen LogP contribution is 2.55. The van der Waals surface area contributed by atoms with E-state index in [0.717, 1.165) is 16.8 Å². The summed E-state index contributed by atoms with van der Waals surface area (Å²) < 4.78 is 7.15. The molecule has 0 amide bonds. The zero-order valence-corrected chi connectivity index (χ0v) is 25.8. The van der Waals surface area contributed by atoms with Crippen LogP contribution in [0.2, 0.25) is 0 Å². The van der Waals surface area contributed by atoms with Gasteiger partial charge in [0.25, 0.3) is 0 Å². The molecule has 6 aromatic rings. The molecule has 1 nitrogen and oxygen atoms in total. The molecular formula is C39H32OP2. The number of para-hydroxylation sites is 1. The van der Waals surface area contributed by atoms with Gasteiger partial charge >= 0.3 is 0 Å². The van der Waals surface area contributed by atoms with Gasteiger partial charge < -0.3 is 4.74 Å². The lowest BCUT2D eigenvalue weighted by Crippen LogP contribution is -2.32. The molecule has 204 valence electrons. The maximum atomic E-state index is 7.15. The summed E-state index contributed by atoms with van der Waals surface area (Å²) in [5.74, 6) is 1.93. The third kappa shape index (κ3) is 4.59. The number of fused-ring (bicyclic) bond motifs is 2. The van der Waals surface area contributed by atoms with E-state index in [0.29, 0.717) is 0 Å². The van der Waals surface area contributed by atoms with Crippen LogP contribution >= 0.6 is 17.2 Å². The molecule has 1 aliphatic rings. The van der Waals surface area contributed by atoms with Gasteiger partial charge in [-0.15, -0.1) is 9.24 Å². The molecule has 0 saturated heterocycles. The Morgan fingerprint density at radius 2 is 1.10 bits per heavy atom. The van der Waals surface area contributed by atoms with Crippen molar-refractivity contribution in [3.05, 3.63) is 157 Å². The Bertz CT molecular complexity index is 1830. The van der Waals surface area contributed by atoms with E-state index in [1.54, 1.807) is 0 Å². The van der Waals surface area contributed by atoms with Crippen molar-refractivity contribution in [2.24, 2.45) is 0 Å². The first-order valence-electron chi connectivity index (χ1n) is 14.3. The van der Waals surface area contributed by atoms with Crippen LogP contribution in [0.1, 0.15) is 25.0 Å². The molecule has 7 rings (SSSR count). The molecule has 0 radical (unpaired) electrons. The summed E-state index contributed by atoms with van der Waals surface area (Å²) in [6.45, 7) is 4.71. The largest absolute Gasteiger partial charge is 0.455 e. The third-order valence-corrected chi connectivity index (χ3v) is 11.1. The van der Waals surface area contributed by atoms with Crippen molar-refractivity contribution in [3.8, 4) is 33.8 Å². The van der Waals surface area contributed by atoms with Gasteiger partial charge in [0.1, 0.15) is 11.5 Å². The first-order chi connectivity index (χ1) is 20.5. The lowest BCUT2D eigenvalue weighted by atomic mass is 9.71. The molecule has 1 aliphatic heterocycles.